The van der Waals surface area contributed by atoms with Crippen molar-refractivity contribution < 1.29 is 0 Å². The molecule has 1 aromatic heterocycles. The first-order valence-electron chi connectivity index (χ1n) is 4.53. The Morgan fingerprint density at radius 3 is 2.85 bits per heavy atom. The highest BCUT2D eigenvalue weighted by atomic mass is 32.2. The van der Waals surface area contributed by atoms with E-state index < -0.39 is 0 Å². The molecule has 0 amide bonds. The Kier molecular flexibility index (Phi) is 4.15. The van der Waals surface area contributed by atoms with Crippen molar-refractivity contribution in [3.8, 4) is 0 Å². The van der Waals surface area contributed by atoms with Crippen molar-refractivity contribution in [3.05, 3.63) is 11.8 Å². The first kappa shape index (κ1) is 10.4. The molecule has 0 spiro atoms. The molecular formula is C9H17N3S. The number of rotatable bonds is 5. The van der Waals surface area contributed by atoms with Gasteiger partial charge in [0.1, 0.15) is 5.82 Å². The van der Waals surface area contributed by atoms with Crippen LogP contribution in [0.2, 0.25) is 0 Å². The summed E-state index contributed by atoms with van der Waals surface area (Å²) in [6.45, 7) is 2.91. The Morgan fingerprint density at radius 2 is 2.31 bits per heavy atom. The number of nitrogen functional groups attached to an aromatic ring is 1. The van der Waals surface area contributed by atoms with Gasteiger partial charge in [-0.15, -0.1) is 0 Å². The van der Waals surface area contributed by atoms with Crippen molar-refractivity contribution >= 4 is 17.6 Å². The Morgan fingerprint density at radius 1 is 1.54 bits per heavy atom. The van der Waals surface area contributed by atoms with Gasteiger partial charge in [0.2, 0.25) is 0 Å². The van der Waals surface area contributed by atoms with E-state index in [-0.39, 0.29) is 0 Å². The number of aromatic nitrogens is 2. The third-order valence-electron chi connectivity index (χ3n) is 1.90. The lowest BCUT2D eigenvalue weighted by Gasteiger charge is -2.02. The number of anilines is 1. The zero-order valence-electron chi connectivity index (χ0n) is 8.29. The van der Waals surface area contributed by atoms with Gasteiger partial charge >= 0.3 is 0 Å². The number of aryl methyl sites for hydroxylation is 2. The van der Waals surface area contributed by atoms with Crippen molar-refractivity contribution in [1.29, 1.82) is 0 Å². The van der Waals surface area contributed by atoms with E-state index in [0.717, 1.165) is 24.5 Å². The normalized spacial score (nSPS) is 10.6. The van der Waals surface area contributed by atoms with E-state index in [1.165, 1.54) is 12.2 Å². The molecule has 0 saturated heterocycles. The second kappa shape index (κ2) is 5.17. The zero-order valence-corrected chi connectivity index (χ0v) is 9.10. The van der Waals surface area contributed by atoms with Gasteiger partial charge in [0.25, 0.3) is 0 Å². The molecule has 0 aliphatic carbocycles. The third-order valence-corrected chi connectivity index (χ3v) is 2.60. The summed E-state index contributed by atoms with van der Waals surface area (Å²) in [5, 5.41) is 4.29. The first-order valence-corrected chi connectivity index (χ1v) is 5.92. The molecule has 1 heterocycles. The molecule has 0 saturated carbocycles. The van der Waals surface area contributed by atoms with Gasteiger partial charge in [0, 0.05) is 12.6 Å². The van der Waals surface area contributed by atoms with Crippen LogP contribution in [0.1, 0.15) is 18.5 Å². The lowest BCUT2D eigenvalue weighted by molar-refractivity contribution is 0.577. The van der Waals surface area contributed by atoms with Crippen molar-refractivity contribution in [1.82, 2.24) is 9.78 Å². The summed E-state index contributed by atoms with van der Waals surface area (Å²) in [6, 6.07) is 1.91. The average molecular weight is 199 g/mol. The molecule has 4 heteroatoms. The highest BCUT2D eigenvalue weighted by molar-refractivity contribution is 7.98. The standard InChI is InChI=1S/C9H17N3S/c1-8-7-9(10)12(11-8)5-3-4-6-13-2/h7H,3-6,10H2,1-2H3. The second-order valence-electron chi connectivity index (χ2n) is 3.13. The molecule has 0 fully saturated rings. The van der Waals surface area contributed by atoms with Crippen LogP contribution in [0.15, 0.2) is 6.07 Å². The Balaban J connectivity index is 2.32. The highest BCUT2D eigenvalue weighted by Gasteiger charge is 1.99. The molecule has 2 N–H and O–H groups in total. The van der Waals surface area contributed by atoms with E-state index in [4.69, 9.17) is 5.73 Å². The van der Waals surface area contributed by atoms with Crippen molar-refractivity contribution in [2.24, 2.45) is 0 Å². The molecule has 0 bridgehead atoms. The monoisotopic (exact) mass is 199 g/mol. The SMILES string of the molecule is CSCCCCn1nc(C)cc1N. The van der Waals surface area contributed by atoms with Gasteiger partial charge < -0.3 is 5.73 Å². The van der Waals surface area contributed by atoms with Crippen LogP contribution < -0.4 is 5.73 Å². The summed E-state index contributed by atoms with van der Waals surface area (Å²) < 4.78 is 1.88. The van der Waals surface area contributed by atoms with Crippen LogP contribution in [0.25, 0.3) is 0 Å². The molecular weight excluding hydrogens is 182 g/mol. The minimum absolute atomic E-state index is 0.779. The van der Waals surface area contributed by atoms with Crippen molar-refractivity contribution in [3.63, 3.8) is 0 Å². The minimum Gasteiger partial charge on any atom is -0.384 e. The predicted molar refractivity (Wildman–Crippen MR) is 59.0 cm³/mol. The topological polar surface area (TPSA) is 43.8 Å². The average Bonchev–Trinajstić information content (AvgIpc) is 2.39. The molecule has 0 unspecified atom stereocenters. The fourth-order valence-electron chi connectivity index (χ4n) is 1.25. The summed E-state index contributed by atoms with van der Waals surface area (Å²) in [5.74, 6) is 2.00. The van der Waals surface area contributed by atoms with Crippen LogP contribution >= 0.6 is 11.8 Å². The number of nitrogens with two attached hydrogens (primary N) is 1. The second-order valence-corrected chi connectivity index (χ2v) is 4.12. The van der Waals surface area contributed by atoms with Gasteiger partial charge in [-0.25, -0.2) is 4.68 Å². The molecule has 13 heavy (non-hydrogen) atoms. The van der Waals surface area contributed by atoms with Crippen LogP contribution in [0, 0.1) is 6.92 Å². The van der Waals surface area contributed by atoms with Crippen LogP contribution in [0.3, 0.4) is 0 Å². The lowest BCUT2D eigenvalue weighted by atomic mass is 10.3. The van der Waals surface area contributed by atoms with Crippen LogP contribution in [0.4, 0.5) is 5.82 Å². The smallest absolute Gasteiger partial charge is 0.121 e. The number of nitrogens with zero attached hydrogens (tertiary/aromatic N) is 2. The number of unbranched alkanes of at least 4 members (excludes halogenated alkanes) is 1. The van der Waals surface area contributed by atoms with Gasteiger partial charge in [0.05, 0.1) is 5.69 Å². The van der Waals surface area contributed by atoms with E-state index in [2.05, 4.69) is 11.4 Å². The maximum atomic E-state index is 5.75. The Bertz CT molecular complexity index is 257. The number of hydrogen-bond acceptors (Lipinski definition) is 3. The molecule has 3 nitrogen and oxygen atoms in total. The summed E-state index contributed by atoms with van der Waals surface area (Å²) >= 11 is 1.89. The molecule has 1 rings (SSSR count). The van der Waals surface area contributed by atoms with Crippen molar-refractivity contribution in [2.75, 3.05) is 17.7 Å². The van der Waals surface area contributed by atoms with Gasteiger partial charge in [-0.2, -0.15) is 16.9 Å². The van der Waals surface area contributed by atoms with Gasteiger partial charge in [-0.3, -0.25) is 0 Å². The molecule has 0 atom stereocenters. The Labute approximate surface area is 83.7 Å². The molecule has 0 aromatic carbocycles. The van der Waals surface area contributed by atoms with Crippen LogP contribution in [-0.4, -0.2) is 21.8 Å². The molecule has 1 aromatic rings. The largest absolute Gasteiger partial charge is 0.384 e. The minimum atomic E-state index is 0.779. The van der Waals surface area contributed by atoms with E-state index in [1.54, 1.807) is 0 Å². The molecule has 0 radical (unpaired) electrons. The fourth-order valence-corrected chi connectivity index (χ4v) is 1.75. The fraction of sp³-hybridized carbons (Fsp3) is 0.667. The quantitative estimate of drug-likeness (QED) is 0.737. The summed E-state index contributed by atoms with van der Waals surface area (Å²) in [6.07, 6.45) is 4.53. The summed E-state index contributed by atoms with van der Waals surface area (Å²) in [5.41, 5.74) is 6.75. The molecule has 74 valence electrons. The summed E-state index contributed by atoms with van der Waals surface area (Å²) in [7, 11) is 0. The van der Waals surface area contributed by atoms with E-state index in [1.807, 2.05) is 29.4 Å². The van der Waals surface area contributed by atoms with E-state index in [0.29, 0.717) is 0 Å². The van der Waals surface area contributed by atoms with Crippen molar-refractivity contribution in [2.45, 2.75) is 26.3 Å². The number of thioether (sulfide) groups is 1. The van der Waals surface area contributed by atoms with E-state index in [9.17, 15) is 0 Å². The van der Waals surface area contributed by atoms with Gasteiger partial charge in [-0.05, 0) is 31.8 Å². The maximum absolute atomic E-state index is 5.75. The van der Waals surface area contributed by atoms with Crippen LogP contribution in [0.5, 0.6) is 0 Å². The first-order chi connectivity index (χ1) is 6.24. The van der Waals surface area contributed by atoms with Gasteiger partial charge in [-0.1, -0.05) is 0 Å². The van der Waals surface area contributed by atoms with E-state index >= 15 is 0 Å². The Hall–Kier alpha value is -0.640. The zero-order chi connectivity index (χ0) is 9.68. The third kappa shape index (κ3) is 3.30. The summed E-state index contributed by atoms with van der Waals surface area (Å²) in [4.78, 5) is 0. The lowest BCUT2D eigenvalue weighted by Crippen LogP contribution is -2.04. The maximum Gasteiger partial charge on any atom is 0.121 e. The van der Waals surface area contributed by atoms with Gasteiger partial charge in [0.15, 0.2) is 0 Å². The van der Waals surface area contributed by atoms with Crippen LogP contribution in [-0.2, 0) is 6.54 Å². The predicted octanol–water partition coefficient (Wildman–Crippen LogP) is 1.92. The number of hydrogen-bond donors (Lipinski definition) is 1. The highest BCUT2D eigenvalue weighted by Crippen LogP contribution is 2.07. The molecule has 0 aliphatic heterocycles. The molecule has 0 aliphatic rings.